The van der Waals surface area contributed by atoms with Crippen LogP contribution in [0.15, 0.2) is 24.5 Å². The van der Waals surface area contributed by atoms with E-state index >= 15 is 0 Å². The minimum absolute atomic E-state index is 0.515. The van der Waals surface area contributed by atoms with Crippen LogP contribution in [0.25, 0.3) is 15.7 Å². The van der Waals surface area contributed by atoms with Crippen LogP contribution in [0, 0.1) is 6.57 Å². The summed E-state index contributed by atoms with van der Waals surface area (Å²) < 4.78 is 5.70. The summed E-state index contributed by atoms with van der Waals surface area (Å²) >= 11 is 0. The van der Waals surface area contributed by atoms with Gasteiger partial charge in [-0.05, 0) is 25.0 Å². The SMILES string of the molecule is [C-]#[N+]CCCOc1ccc2c(C3CCCCC3)ncnc2c1. The van der Waals surface area contributed by atoms with Crippen LogP contribution in [0.4, 0.5) is 0 Å². The summed E-state index contributed by atoms with van der Waals surface area (Å²) in [6.45, 7) is 7.86. The Morgan fingerprint density at radius 2 is 2.05 bits per heavy atom. The van der Waals surface area contributed by atoms with Gasteiger partial charge in [0, 0.05) is 17.4 Å². The lowest BCUT2D eigenvalue weighted by atomic mass is 9.85. The molecule has 0 amide bonds. The molecule has 1 aliphatic rings. The fraction of sp³-hybridized carbons (Fsp3) is 0.500. The van der Waals surface area contributed by atoms with Crippen LogP contribution >= 0.6 is 0 Å². The Balaban J connectivity index is 1.79. The van der Waals surface area contributed by atoms with Crippen molar-refractivity contribution >= 4 is 10.9 Å². The van der Waals surface area contributed by atoms with Crippen LogP contribution in [-0.4, -0.2) is 23.1 Å². The smallest absolute Gasteiger partial charge is 0.217 e. The van der Waals surface area contributed by atoms with Crippen molar-refractivity contribution in [2.45, 2.75) is 44.4 Å². The highest BCUT2D eigenvalue weighted by atomic mass is 16.5. The van der Waals surface area contributed by atoms with Gasteiger partial charge in [0.25, 0.3) is 0 Å². The highest BCUT2D eigenvalue weighted by molar-refractivity contribution is 5.82. The summed E-state index contributed by atoms with van der Waals surface area (Å²) in [5, 5.41) is 1.16. The summed E-state index contributed by atoms with van der Waals surface area (Å²) in [5.41, 5.74) is 2.16. The lowest BCUT2D eigenvalue weighted by Gasteiger charge is -2.22. The van der Waals surface area contributed by atoms with Gasteiger partial charge in [-0.25, -0.2) is 16.5 Å². The van der Waals surface area contributed by atoms with Crippen molar-refractivity contribution in [2.75, 3.05) is 13.2 Å². The molecule has 4 heteroatoms. The molecule has 4 nitrogen and oxygen atoms in total. The summed E-state index contributed by atoms with van der Waals surface area (Å²) in [7, 11) is 0. The van der Waals surface area contributed by atoms with E-state index in [0.29, 0.717) is 19.1 Å². The molecule has 1 aliphatic carbocycles. The number of benzene rings is 1. The third-order valence-electron chi connectivity index (χ3n) is 4.31. The molecule has 1 fully saturated rings. The fourth-order valence-corrected chi connectivity index (χ4v) is 3.18. The lowest BCUT2D eigenvalue weighted by Crippen LogP contribution is -2.07. The van der Waals surface area contributed by atoms with Crippen molar-refractivity contribution in [3.8, 4) is 5.75 Å². The van der Waals surface area contributed by atoms with Gasteiger partial charge in [0.05, 0.1) is 24.2 Å². The zero-order chi connectivity index (χ0) is 15.2. The molecule has 1 heterocycles. The topological polar surface area (TPSA) is 39.4 Å². The summed E-state index contributed by atoms with van der Waals surface area (Å²) in [6, 6.07) is 6.07. The average molecular weight is 295 g/mol. The molecule has 0 aliphatic heterocycles. The maximum absolute atomic E-state index is 6.77. The predicted octanol–water partition coefficient (Wildman–Crippen LogP) is 4.37. The van der Waals surface area contributed by atoms with E-state index in [2.05, 4.69) is 20.9 Å². The van der Waals surface area contributed by atoms with Crippen LogP contribution in [-0.2, 0) is 0 Å². The number of hydrogen-bond donors (Lipinski definition) is 0. The molecule has 0 spiro atoms. The second-order valence-electron chi connectivity index (χ2n) is 5.86. The van der Waals surface area contributed by atoms with Gasteiger partial charge in [0.15, 0.2) is 0 Å². The Kier molecular flexibility index (Phi) is 4.85. The van der Waals surface area contributed by atoms with E-state index in [1.807, 2.05) is 12.1 Å². The van der Waals surface area contributed by atoms with Crippen LogP contribution in [0.3, 0.4) is 0 Å². The molecular formula is C18H21N3O. The maximum Gasteiger partial charge on any atom is 0.217 e. The van der Waals surface area contributed by atoms with Gasteiger partial charge in [0.1, 0.15) is 12.1 Å². The highest BCUT2D eigenvalue weighted by Crippen LogP contribution is 2.35. The molecule has 1 aromatic carbocycles. The molecule has 0 radical (unpaired) electrons. The molecule has 1 aromatic heterocycles. The molecule has 22 heavy (non-hydrogen) atoms. The minimum Gasteiger partial charge on any atom is -0.493 e. The molecule has 0 atom stereocenters. The number of hydrogen-bond acceptors (Lipinski definition) is 3. The van der Waals surface area contributed by atoms with E-state index in [1.165, 1.54) is 37.8 Å². The summed E-state index contributed by atoms with van der Waals surface area (Å²) in [5.74, 6) is 1.40. The number of aromatic nitrogens is 2. The van der Waals surface area contributed by atoms with Crippen molar-refractivity contribution in [3.63, 3.8) is 0 Å². The van der Waals surface area contributed by atoms with E-state index in [0.717, 1.165) is 23.1 Å². The molecular weight excluding hydrogens is 274 g/mol. The molecule has 3 rings (SSSR count). The molecule has 0 N–H and O–H groups in total. The zero-order valence-electron chi connectivity index (χ0n) is 12.8. The van der Waals surface area contributed by atoms with Crippen LogP contribution in [0.2, 0.25) is 0 Å². The standard InChI is InChI=1S/C18H21N3O/c1-19-10-5-11-22-15-8-9-16-17(12-15)20-13-21-18(16)14-6-3-2-4-7-14/h8-9,12-14H,2-7,10-11H2. The molecule has 2 aromatic rings. The van der Waals surface area contributed by atoms with Gasteiger partial charge in [-0.1, -0.05) is 19.3 Å². The molecule has 114 valence electrons. The summed E-state index contributed by atoms with van der Waals surface area (Å²) in [6.07, 6.45) is 8.87. The lowest BCUT2D eigenvalue weighted by molar-refractivity contribution is 0.316. The normalized spacial score (nSPS) is 15.6. The van der Waals surface area contributed by atoms with Crippen LogP contribution < -0.4 is 4.74 Å². The van der Waals surface area contributed by atoms with Crippen molar-refractivity contribution in [1.82, 2.24) is 9.97 Å². The van der Waals surface area contributed by atoms with Gasteiger partial charge in [-0.2, -0.15) is 0 Å². The monoisotopic (exact) mass is 295 g/mol. The number of rotatable bonds is 5. The van der Waals surface area contributed by atoms with E-state index in [4.69, 9.17) is 11.3 Å². The molecule has 0 saturated heterocycles. The number of ether oxygens (including phenoxy) is 1. The average Bonchev–Trinajstić information content (AvgIpc) is 2.59. The fourth-order valence-electron chi connectivity index (χ4n) is 3.18. The molecule has 1 saturated carbocycles. The van der Waals surface area contributed by atoms with Crippen LogP contribution in [0.5, 0.6) is 5.75 Å². The Morgan fingerprint density at radius 1 is 1.18 bits per heavy atom. The van der Waals surface area contributed by atoms with Crippen LogP contribution in [0.1, 0.15) is 50.1 Å². The Morgan fingerprint density at radius 3 is 2.86 bits per heavy atom. The molecule has 0 bridgehead atoms. The first kappa shape index (κ1) is 14.8. The third-order valence-corrected chi connectivity index (χ3v) is 4.31. The second kappa shape index (κ2) is 7.22. The predicted molar refractivity (Wildman–Crippen MR) is 86.9 cm³/mol. The quantitative estimate of drug-likeness (QED) is 0.607. The highest BCUT2D eigenvalue weighted by Gasteiger charge is 2.19. The van der Waals surface area contributed by atoms with Gasteiger partial charge in [-0.3, -0.25) is 0 Å². The van der Waals surface area contributed by atoms with Crippen molar-refractivity contribution < 1.29 is 4.74 Å². The van der Waals surface area contributed by atoms with Gasteiger partial charge >= 0.3 is 0 Å². The van der Waals surface area contributed by atoms with E-state index in [9.17, 15) is 0 Å². The largest absolute Gasteiger partial charge is 0.493 e. The minimum atomic E-state index is 0.515. The van der Waals surface area contributed by atoms with Gasteiger partial charge in [0.2, 0.25) is 6.54 Å². The molecule has 0 unspecified atom stereocenters. The first-order valence-electron chi connectivity index (χ1n) is 8.09. The van der Waals surface area contributed by atoms with E-state index < -0.39 is 0 Å². The first-order chi connectivity index (χ1) is 10.9. The second-order valence-corrected chi connectivity index (χ2v) is 5.86. The third kappa shape index (κ3) is 3.36. The Hall–Kier alpha value is -2.15. The zero-order valence-corrected chi connectivity index (χ0v) is 12.8. The van der Waals surface area contributed by atoms with Crippen molar-refractivity contribution in [2.24, 2.45) is 0 Å². The summed E-state index contributed by atoms with van der Waals surface area (Å²) in [4.78, 5) is 12.3. The Bertz CT molecular complexity index is 672. The first-order valence-corrected chi connectivity index (χ1v) is 8.09. The van der Waals surface area contributed by atoms with E-state index in [1.54, 1.807) is 6.33 Å². The van der Waals surface area contributed by atoms with Crippen molar-refractivity contribution in [3.05, 3.63) is 41.6 Å². The number of nitrogens with zero attached hydrogens (tertiary/aromatic N) is 3. The van der Waals surface area contributed by atoms with E-state index in [-0.39, 0.29) is 0 Å². The van der Waals surface area contributed by atoms with Gasteiger partial charge in [-0.15, -0.1) is 0 Å². The maximum atomic E-state index is 6.77. The number of fused-ring (bicyclic) bond motifs is 1. The Labute approximate surface area is 131 Å². The van der Waals surface area contributed by atoms with Gasteiger partial charge < -0.3 is 9.58 Å². The van der Waals surface area contributed by atoms with Crippen molar-refractivity contribution in [1.29, 1.82) is 0 Å².